The number of ether oxygens (including phenoxy) is 3. The Morgan fingerprint density at radius 2 is 2.14 bits per heavy atom. The fourth-order valence-electron chi connectivity index (χ4n) is 3.24. The van der Waals surface area contributed by atoms with E-state index in [2.05, 4.69) is 4.98 Å². The van der Waals surface area contributed by atoms with Gasteiger partial charge >= 0.3 is 0 Å². The maximum absolute atomic E-state index is 13.1. The van der Waals surface area contributed by atoms with Gasteiger partial charge < -0.3 is 14.2 Å². The second-order valence-electron chi connectivity index (χ2n) is 6.66. The van der Waals surface area contributed by atoms with Gasteiger partial charge in [-0.3, -0.25) is 9.69 Å². The maximum Gasteiger partial charge on any atom is 0.266 e. The highest BCUT2D eigenvalue weighted by Gasteiger charge is 2.27. The molecule has 1 unspecified atom stereocenters. The number of benzene rings is 2. The molecular weight excluding hydrogens is 412 g/mol. The first-order valence-corrected chi connectivity index (χ1v) is 10.6. The van der Waals surface area contributed by atoms with Crippen molar-refractivity contribution in [1.82, 2.24) is 4.98 Å². The fraction of sp³-hybridized carbons (Fsp3) is 0.333. The van der Waals surface area contributed by atoms with Crippen LogP contribution in [-0.4, -0.2) is 43.9 Å². The zero-order chi connectivity index (χ0) is 20.2. The van der Waals surface area contributed by atoms with Crippen molar-refractivity contribution < 1.29 is 19.0 Å². The van der Waals surface area contributed by atoms with Crippen molar-refractivity contribution in [2.24, 2.45) is 0 Å². The van der Waals surface area contributed by atoms with Crippen LogP contribution in [0.3, 0.4) is 0 Å². The Labute approximate surface area is 178 Å². The smallest absolute Gasteiger partial charge is 0.266 e. The number of carbonyl (C=O) groups excluding carboxylic acids is 1. The molecule has 1 aliphatic rings. The normalized spacial score (nSPS) is 16.1. The number of anilines is 1. The van der Waals surface area contributed by atoms with Gasteiger partial charge in [-0.2, -0.15) is 0 Å². The van der Waals surface area contributed by atoms with Gasteiger partial charge in [0.25, 0.3) is 5.91 Å². The zero-order valence-corrected chi connectivity index (χ0v) is 17.5. The van der Waals surface area contributed by atoms with E-state index in [0.29, 0.717) is 40.3 Å². The van der Waals surface area contributed by atoms with Crippen LogP contribution in [0.2, 0.25) is 5.02 Å². The largest absolute Gasteiger partial charge is 0.494 e. The Balaban J connectivity index is 1.62. The van der Waals surface area contributed by atoms with E-state index in [1.54, 1.807) is 24.1 Å². The van der Waals surface area contributed by atoms with Crippen LogP contribution in [0.15, 0.2) is 42.5 Å². The standard InChI is InChI=1S/C21H21ClN2O4S/c1-26-17-10-9-16(22)20-19(17)23-21(29-20)24(12-15-8-5-11-27-15)18(25)13-28-14-6-3-2-4-7-14/h2-4,6-7,9-10,15H,5,8,11-13H2,1H3. The van der Waals surface area contributed by atoms with Crippen LogP contribution < -0.4 is 14.4 Å². The van der Waals surface area contributed by atoms with Gasteiger partial charge in [-0.15, -0.1) is 0 Å². The lowest BCUT2D eigenvalue weighted by molar-refractivity contribution is -0.120. The number of nitrogens with zero attached hydrogens (tertiary/aromatic N) is 2. The predicted octanol–water partition coefficient (Wildman–Crippen LogP) is 4.55. The molecule has 0 aliphatic carbocycles. The van der Waals surface area contributed by atoms with Gasteiger partial charge in [-0.1, -0.05) is 41.1 Å². The number of aromatic nitrogens is 1. The topological polar surface area (TPSA) is 60.9 Å². The molecule has 1 amide bonds. The van der Waals surface area contributed by atoms with Gasteiger partial charge in [0, 0.05) is 6.61 Å². The summed E-state index contributed by atoms with van der Waals surface area (Å²) in [5.41, 5.74) is 0.647. The van der Waals surface area contributed by atoms with Crippen LogP contribution in [0.25, 0.3) is 10.2 Å². The van der Waals surface area contributed by atoms with Gasteiger partial charge in [0.15, 0.2) is 11.7 Å². The minimum absolute atomic E-state index is 0.0138. The van der Waals surface area contributed by atoms with Gasteiger partial charge in [0.1, 0.15) is 17.0 Å². The molecule has 152 valence electrons. The Morgan fingerprint density at radius 3 is 2.86 bits per heavy atom. The first-order chi connectivity index (χ1) is 14.2. The molecule has 1 atom stereocenters. The minimum atomic E-state index is -0.182. The minimum Gasteiger partial charge on any atom is -0.494 e. The number of amides is 1. The van der Waals surface area contributed by atoms with E-state index < -0.39 is 0 Å². The fourth-order valence-corrected chi connectivity index (χ4v) is 4.52. The Bertz CT molecular complexity index is 989. The molecule has 1 aliphatic heterocycles. The number of carbonyl (C=O) groups is 1. The summed E-state index contributed by atoms with van der Waals surface area (Å²) in [7, 11) is 1.59. The monoisotopic (exact) mass is 432 g/mol. The highest BCUT2D eigenvalue weighted by molar-refractivity contribution is 7.23. The SMILES string of the molecule is COc1ccc(Cl)c2sc(N(CC3CCCO3)C(=O)COc3ccccc3)nc12. The van der Waals surface area contributed by atoms with Gasteiger partial charge in [-0.25, -0.2) is 4.98 Å². The van der Waals surface area contributed by atoms with Crippen molar-refractivity contribution in [3.8, 4) is 11.5 Å². The summed E-state index contributed by atoms with van der Waals surface area (Å²) in [4.78, 5) is 19.4. The average Bonchev–Trinajstić information content (AvgIpc) is 3.42. The van der Waals surface area contributed by atoms with E-state index in [9.17, 15) is 4.79 Å². The third-order valence-corrected chi connectivity index (χ3v) is 6.25. The molecule has 29 heavy (non-hydrogen) atoms. The summed E-state index contributed by atoms with van der Waals surface area (Å²) in [6, 6.07) is 12.8. The summed E-state index contributed by atoms with van der Waals surface area (Å²) in [5.74, 6) is 1.09. The third-order valence-electron chi connectivity index (χ3n) is 4.71. The van der Waals surface area contributed by atoms with Crippen molar-refractivity contribution in [3.63, 3.8) is 0 Å². The Kier molecular flexibility index (Phi) is 6.18. The number of para-hydroxylation sites is 1. The lowest BCUT2D eigenvalue weighted by Crippen LogP contribution is -2.40. The van der Waals surface area contributed by atoms with E-state index in [0.717, 1.165) is 17.5 Å². The summed E-state index contributed by atoms with van der Waals surface area (Å²) >= 11 is 7.72. The summed E-state index contributed by atoms with van der Waals surface area (Å²) in [5, 5.41) is 1.14. The molecular formula is C21H21ClN2O4S. The van der Waals surface area contributed by atoms with Crippen LogP contribution >= 0.6 is 22.9 Å². The molecule has 1 saturated heterocycles. The average molecular weight is 433 g/mol. The van der Waals surface area contributed by atoms with E-state index in [-0.39, 0.29) is 18.6 Å². The van der Waals surface area contributed by atoms with Crippen LogP contribution in [0.4, 0.5) is 5.13 Å². The van der Waals surface area contributed by atoms with Gasteiger partial charge in [-0.05, 0) is 37.1 Å². The number of hydrogen-bond acceptors (Lipinski definition) is 6. The van der Waals surface area contributed by atoms with Crippen LogP contribution in [0.5, 0.6) is 11.5 Å². The highest BCUT2D eigenvalue weighted by Crippen LogP contribution is 2.39. The molecule has 0 spiro atoms. The molecule has 2 heterocycles. The molecule has 1 aromatic heterocycles. The Hall–Kier alpha value is -2.35. The van der Waals surface area contributed by atoms with Crippen molar-refractivity contribution >= 4 is 44.2 Å². The molecule has 2 aromatic carbocycles. The summed E-state index contributed by atoms with van der Waals surface area (Å²) < 4.78 is 17.6. The van der Waals surface area contributed by atoms with Crippen LogP contribution in [0.1, 0.15) is 12.8 Å². The molecule has 0 N–H and O–H groups in total. The number of fused-ring (bicyclic) bond motifs is 1. The molecule has 1 fully saturated rings. The number of thiazole rings is 1. The second-order valence-corrected chi connectivity index (χ2v) is 8.05. The molecule has 0 saturated carbocycles. The van der Waals surface area contributed by atoms with Crippen molar-refractivity contribution in [2.45, 2.75) is 18.9 Å². The van der Waals surface area contributed by atoms with E-state index in [4.69, 9.17) is 25.8 Å². The number of halogens is 1. The lowest BCUT2D eigenvalue weighted by Gasteiger charge is -2.23. The molecule has 0 bridgehead atoms. The maximum atomic E-state index is 13.1. The van der Waals surface area contributed by atoms with Gasteiger partial charge in [0.2, 0.25) is 0 Å². The van der Waals surface area contributed by atoms with Crippen molar-refractivity contribution in [2.75, 3.05) is 31.8 Å². The van der Waals surface area contributed by atoms with Gasteiger partial charge in [0.05, 0.1) is 29.5 Å². The van der Waals surface area contributed by atoms with Crippen molar-refractivity contribution in [3.05, 3.63) is 47.5 Å². The molecule has 0 radical (unpaired) electrons. The molecule has 6 nitrogen and oxygen atoms in total. The molecule has 8 heteroatoms. The third kappa shape index (κ3) is 4.47. The van der Waals surface area contributed by atoms with E-state index >= 15 is 0 Å². The van der Waals surface area contributed by atoms with Crippen LogP contribution in [0, 0.1) is 0 Å². The molecule has 4 rings (SSSR count). The van der Waals surface area contributed by atoms with E-state index in [1.807, 2.05) is 30.3 Å². The summed E-state index contributed by atoms with van der Waals surface area (Å²) in [6.07, 6.45) is 1.89. The quantitative estimate of drug-likeness (QED) is 0.548. The summed E-state index contributed by atoms with van der Waals surface area (Å²) in [6.45, 7) is 1.06. The van der Waals surface area contributed by atoms with E-state index in [1.165, 1.54) is 11.3 Å². The number of methoxy groups -OCH3 is 1. The highest BCUT2D eigenvalue weighted by atomic mass is 35.5. The first-order valence-electron chi connectivity index (χ1n) is 9.38. The second kappa shape index (κ2) is 8.98. The van der Waals surface area contributed by atoms with Crippen LogP contribution in [-0.2, 0) is 9.53 Å². The first kappa shape index (κ1) is 19.9. The predicted molar refractivity (Wildman–Crippen MR) is 114 cm³/mol. The zero-order valence-electron chi connectivity index (χ0n) is 16.0. The lowest BCUT2D eigenvalue weighted by atomic mass is 10.2. The van der Waals surface area contributed by atoms with Crippen molar-refractivity contribution in [1.29, 1.82) is 0 Å². The number of hydrogen-bond donors (Lipinski definition) is 0. The molecule has 3 aromatic rings. The Morgan fingerprint density at radius 1 is 1.31 bits per heavy atom. The number of rotatable bonds is 7.